The minimum absolute atomic E-state index is 0. The average molecular weight is 232 g/mol. The summed E-state index contributed by atoms with van der Waals surface area (Å²) in [5.41, 5.74) is 0. The van der Waals surface area contributed by atoms with Gasteiger partial charge in [0, 0.05) is 7.11 Å². The summed E-state index contributed by atoms with van der Waals surface area (Å²) in [4.78, 5) is 15.5. The minimum Gasteiger partial charge on any atom is -1.00 e. The van der Waals surface area contributed by atoms with Gasteiger partial charge in [0.25, 0.3) is 0 Å². The van der Waals surface area contributed by atoms with Gasteiger partial charge >= 0.3 is 8.60 Å². The lowest BCUT2D eigenvalue weighted by Gasteiger charge is -2.28. The average Bonchev–Trinajstić information content (AvgIpc) is 1.85. The number of hydrogen-bond acceptors (Lipinski definition) is 3. The SMILES string of the molecule is CC(C)[N-]C(C)C.COP(O)O.[Cl-]. The Morgan fingerprint density at radius 1 is 1.08 bits per heavy atom. The molecule has 0 aliphatic carbocycles. The molecule has 2 N–H and O–H groups in total. The highest BCUT2D eigenvalue weighted by Crippen LogP contribution is 2.20. The van der Waals surface area contributed by atoms with Crippen LogP contribution in [0.4, 0.5) is 0 Å². The fraction of sp³-hybridized carbons (Fsp3) is 1.00. The summed E-state index contributed by atoms with van der Waals surface area (Å²) in [6.45, 7) is 8.39. The molecule has 13 heavy (non-hydrogen) atoms. The molecule has 84 valence electrons. The summed E-state index contributed by atoms with van der Waals surface area (Å²) in [5, 5.41) is 4.28. The predicted molar refractivity (Wildman–Crippen MR) is 52.0 cm³/mol. The zero-order chi connectivity index (χ0) is 10.1. The van der Waals surface area contributed by atoms with Gasteiger partial charge in [-0.3, -0.25) is 0 Å². The smallest absolute Gasteiger partial charge is 0.326 e. The van der Waals surface area contributed by atoms with Gasteiger partial charge in [0.15, 0.2) is 0 Å². The van der Waals surface area contributed by atoms with E-state index in [9.17, 15) is 0 Å². The number of nitrogens with zero attached hydrogens (tertiary/aromatic N) is 1. The first-order chi connectivity index (χ1) is 5.40. The first-order valence-corrected chi connectivity index (χ1v) is 4.98. The molecule has 0 saturated carbocycles. The second-order valence-corrected chi connectivity index (χ2v) is 3.64. The standard InChI is InChI=1S/C6H14N.CH5O3P.ClH/c1-5(2)7-6(3)4;1-4-5(2)3;/h5-6H,1-4H3;2-3H,1H3;1H/q-1;;/p-1. The van der Waals surface area contributed by atoms with E-state index >= 15 is 0 Å². The predicted octanol–water partition coefficient (Wildman–Crippen LogP) is -0.975. The highest BCUT2D eigenvalue weighted by Gasteiger charge is 1.86. The molecule has 0 aliphatic rings. The van der Waals surface area contributed by atoms with E-state index in [1.807, 2.05) is 0 Å². The molecule has 0 fully saturated rings. The Morgan fingerprint density at radius 3 is 1.31 bits per heavy atom. The van der Waals surface area contributed by atoms with Crippen LogP contribution in [0.2, 0.25) is 0 Å². The summed E-state index contributed by atoms with van der Waals surface area (Å²) in [5.74, 6) is 0. The first-order valence-electron chi connectivity index (χ1n) is 3.82. The molecule has 0 amide bonds. The molecule has 0 spiro atoms. The van der Waals surface area contributed by atoms with Crippen LogP contribution < -0.4 is 12.4 Å². The van der Waals surface area contributed by atoms with E-state index in [2.05, 4.69) is 37.5 Å². The largest absolute Gasteiger partial charge is 1.00 e. The number of rotatable bonds is 3. The molecular weight excluding hydrogens is 213 g/mol. The molecule has 0 aromatic heterocycles. The highest BCUT2D eigenvalue weighted by molar-refractivity contribution is 7.39. The van der Waals surface area contributed by atoms with Gasteiger partial charge in [0.05, 0.1) is 0 Å². The Morgan fingerprint density at radius 2 is 1.31 bits per heavy atom. The lowest BCUT2D eigenvalue weighted by molar-refractivity contribution is -0.00000694. The van der Waals surface area contributed by atoms with Crippen molar-refractivity contribution >= 4 is 8.60 Å². The second kappa shape index (κ2) is 12.6. The van der Waals surface area contributed by atoms with Crippen molar-refractivity contribution in [1.82, 2.24) is 0 Å². The lowest BCUT2D eigenvalue weighted by Crippen LogP contribution is -3.00. The Bertz CT molecular complexity index is 87.8. The van der Waals surface area contributed by atoms with Crippen molar-refractivity contribution in [2.45, 2.75) is 39.8 Å². The Hall–Kier alpha value is 0.560. The first kappa shape index (κ1) is 19.2. The lowest BCUT2D eigenvalue weighted by atomic mass is 10.3. The summed E-state index contributed by atoms with van der Waals surface area (Å²) < 4.78 is 3.93. The maximum absolute atomic E-state index is 7.76. The van der Waals surface area contributed by atoms with Crippen LogP contribution in [0.15, 0.2) is 0 Å². The Kier molecular flexibility index (Phi) is 18.5. The van der Waals surface area contributed by atoms with Crippen LogP contribution in [-0.4, -0.2) is 29.0 Å². The van der Waals surface area contributed by atoms with E-state index in [0.717, 1.165) is 0 Å². The van der Waals surface area contributed by atoms with Crippen molar-refractivity contribution in [2.24, 2.45) is 0 Å². The maximum atomic E-state index is 7.76. The zero-order valence-electron chi connectivity index (χ0n) is 8.73. The molecule has 0 rings (SSSR count). The quantitative estimate of drug-likeness (QED) is 0.614. The molecule has 0 aromatic rings. The fourth-order valence-corrected chi connectivity index (χ4v) is 0.596. The van der Waals surface area contributed by atoms with E-state index in [-0.39, 0.29) is 12.4 Å². The number of hydrogen-bond donors (Lipinski definition) is 2. The summed E-state index contributed by atoms with van der Waals surface area (Å²) >= 11 is 0. The van der Waals surface area contributed by atoms with Crippen LogP contribution in [0.1, 0.15) is 27.7 Å². The molecule has 0 aromatic carbocycles. The topological polar surface area (TPSA) is 63.8 Å². The highest BCUT2D eigenvalue weighted by atomic mass is 35.5. The second-order valence-electron chi connectivity index (χ2n) is 2.77. The molecule has 0 saturated heterocycles. The molecule has 6 heteroatoms. The molecule has 0 radical (unpaired) electrons. The molecule has 4 nitrogen and oxygen atoms in total. The molecular formula is C7H19ClNO3P-2. The van der Waals surface area contributed by atoms with Gasteiger partial charge in [-0.05, 0) is 0 Å². The molecule has 0 aliphatic heterocycles. The van der Waals surface area contributed by atoms with E-state index in [1.54, 1.807) is 0 Å². The van der Waals surface area contributed by atoms with Gasteiger partial charge in [0.1, 0.15) is 0 Å². The third-order valence-corrected chi connectivity index (χ3v) is 1.09. The fourth-order valence-electron chi connectivity index (χ4n) is 0.596. The van der Waals surface area contributed by atoms with Crippen molar-refractivity contribution in [1.29, 1.82) is 0 Å². The zero-order valence-corrected chi connectivity index (χ0v) is 10.4. The molecule has 0 heterocycles. The maximum Gasteiger partial charge on any atom is 0.326 e. The van der Waals surface area contributed by atoms with Crippen LogP contribution in [0, 0.1) is 0 Å². The van der Waals surface area contributed by atoms with E-state index in [4.69, 9.17) is 9.79 Å². The van der Waals surface area contributed by atoms with Crippen LogP contribution in [-0.2, 0) is 4.52 Å². The summed E-state index contributed by atoms with van der Waals surface area (Å²) in [7, 11) is -0.870. The summed E-state index contributed by atoms with van der Waals surface area (Å²) in [6, 6.07) is 1.000. The van der Waals surface area contributed by atoms with Crippen molar-refractivity contribution in [3.63, 3.8) is 0 Å². The Labute approximate surface area is 88.1 Å². The van der Waals surface area contributed by atoms with Crippen molar-refractivity contribution in [2.75, 3.05) is 7.11 Å². The van der Waals surface area contributed by atoms with Gasteiger partial charge in [0.2, 0.25) is 0 Å². The van der Waals surface area contributed by atoms with Gasteiger partial charge in [-0.2, -0.15) is 0 Å². The van der Waals surface area contributed by atoms with Gasteiger partial charge in [-0.15, -0.1) is 12.1 Å². The molecule has 0 unspecified atom stereocenters. The van der Waals surface area contributed by atoms with Crippen molar-refractivity contribution in [3.8, 4) is 0 Å². The molecule has 0 bridgehead atoms. The monoisotopic (exact) mass is 231 g/mol. The van der Waals surface area contributed by atoms with Gasteiger partial charge in [-0.25, -0.2) is 0 Å². The van der Waals surface area contributed by atoms with Crippen LogP contribution in [0.25, 0.3) is 5.32 Å². The summed E-state index contributed by atoms with van der Waals surface area (Å²) in [6.07, 6.45) is 0. The van der Waals surface area contributed by atoms with Crippen molar-refractivity contribution < 1.29 is 26.7 Å². The van der Waals surface area contributed by atoms with E-state index in [1.165, 1.54) is 7.11 Å². The van der Waals surface area contributed by atoms with Crippen LogP contribution >= 0.6 is 8.60 Å². The van der Waals surface area contributed by atoms with Crippen molar-refractivity contribution in [3.05, 3.63) is 5.32 Å². The van der Waals surface area contributed by atoms with Crippen LogP contribution in [0.3, 0.4) is 0 Å². The normalized spacial score (nSPS) is 9.69. The third-order valence-electron chi connectivity index (χ3n) is 0.760. The number of halogens is 1. The third kappa shape index (κ3) is 32.5. The van der Waals surface area contributed by atoms with E-state index in [0.29, 0.717) is 12.1 Å². The Balaban J connectivity index is -0.000000150. The van der Waals surface area contributed by atoms with Crippen LogP contribution in [0.5, 0.6) is 0 Å². The minimum atomic E-state index is -2.10. The molecule has 0 atom stereocenters. The van der Waals surface area contributed by atoms with Gasteiger partial charge < -0.3 is 32.0 Å². The van der Waals surface area contributed by atoms with E-state index < -0.39 is 8.60 Å². The van der Waals surface area contributed by atoms with Gasteiger partial charge in [-0.1, -0.05) is 27.7 Å².